The molecule has 0 saturated heterocycles. The number of ether oxygens (including phenoxy) is 2. The molecule has 0 fully saturated rings. The molecule has 1 heterocycles. The summed E-state index contributed by atoms with van der Waals surface area (Å²) >= 11 is 1.18. The number of halogens is 1. The summed E-state index contributed by atoms with van der Waals surface area (Å²) in [6, 6.07) is 9.71. The molecule has 1 amide bonds. The summed E-state index contributed by atoms with van der Waals surface area (Å²) in [6.45, 7) is 3.04. The fraction of sp³-hybridized carbons (Fsp3) is 0.182. The van der Waals surface area contributed by atoms with Crippen LogP contribution in [0.3, 0.4) is 0 Å². The number of methoxy groups -OCH3 is 1. The number of benzene rings is 2. The lowest BCUT2D eigenvalue weighted by molar-refractivity contribution is -0.384. The van der Waals surface area contributed by atoms with Crippen molar-refractivity contribution >= 4 is 33.9 Å². The third-order valence-corrected chi connectivity index (χ3v) is 5.61. The molecule has 166 valence electrons. The van der Waals surface area contributed by atoms with E-state index in [4.69, 9.17) is 9.47 Å². The Bertz CT molecular complexity index is 1190. The van der Waals surface area contributed by atoms with Crippen molar-refractivity contribution < 1.29 is 28.4 Å². The molecule has 1 aromatic heterocycles. The first-order chi connectivity index (χ1) is 15.2. The van der Waals surface area contributed by atoms with Gasteiger partial charge >= 0.3 is 5.97 Å². The minimum Gasteiger partial charge on any atom is -0.483 e. The molecule has 1 N–H and O–H groups in total. The number of nitro benzene ring substituents is 1. The summed E-state index contributed by atoms with van der Waals surface area (Å²) in [4.78, 5) is 36.0. The van der Waals surface area contributed by atoms with Crippen LogP contribution in [0.25, 0.3) is 11.1 Å². The zero-order valence-electron chi connectivity index (χ0n) is 17.4. The number of nitrogens with zero attached hydrogens (tertiary/aromatic N) is 1. The second-order valence-electron chi connectivity index (χ2n) is 6.78. The van der Waals surface area contributed by atoms with Crippen LogP contribution < -0.4 is 10.1 Å². The molecule has 0 aliphatic rings. The molecule has 2 aromatic carbocycles. The summed E-state index contributed by atoms with van der Waals surface area (Å²) in [5, 5.41) is 13.8. The second kappa shape index (κ2) is 9.56. The number of carbonyl (C=O) groups is 2. The topological polar surface area (TPSA) is 108 Å². The first-order valence-electron chi connectivity index (χ1n) is 9.36. The Morgan fingerprint density at radius 3 is 2.44 bits per heavy atom. The van der Waals surface area contributed by atoms with Crippen LogP contribution in [0.4, 0.5) is 15.1 Å². The molecule has 0 unspecified atom stereocenters. The molecule has 0 radical (unpaired) electrons. The lowest BCUT2D eigenvalue weighted by atomic mass is 10.0. The maximum Gasteiger partial charge on any atom is 0.341 e. The maximum absolute atomic E-state index is 13.3. The van der Waals surface area contributed by atoms with Gasteiger partial charge in [-0.25, -0.2) is 9.18 Å². The van der Waals surface area contributed by atoms with E-state index in [1.54, 1.807) is 26.0 Å². The molecule has 0 aliphatic heterocycles. The van der Waals surface area contributed by atoms with Crippen molar-refractivity contribution in [3.63, 3.8) is 0 Å². The number of anilines is 1. The van der Waals surface area contributed by atoms with Crippen LogP contribution in [-0.2, 0) is 9.53 Å². The largest absolute Gasteiger partial charge is 0.483 e. The van der Waals surface area contributed by atoms with Crippen molar-refractivity contribution in [3.05, 3.63) is 74.4 Å². The maximum atomic E-state index is 13.3. The number of esters is 1. The molecule has 0 spiro atoms. The Morgan fingerprint density at radius 1 is 1.16 bits per heavy atom. The van der Waals surface area contributed by atoms with Crippen molar-refractivity contribution in [2.24, 2.45) is 0 Å². The van der Waals surface area contributed by atoms with Crippen molar-refractivity contribution in [1.82, 2.24) is 0 Å². The minimum atomic E-state index is -0.642. The monoisotopic (exact) mass is 458 g/mol. The van der Waals surface area contributed by atoms with E-state index in [1.807, 2.05) is 0 Å². The fourth-order valence-electron chi connectivity index (χ4n) is 3.11. The van der Waals surface area contributed by atoms with Crippen LogP contribution in [0.15, 0.2) is 42.5 Å². The van der Waals surface area contributed by atoms with E-state index < -0.39 is 22.6 Å². The standard InChI is InChI=1S/C22H19FN2O6S/c1-12-10-16(25(28)29)8-9-17(12)31-11-18(26)24-21-20(22(27)30-3)19(13(2)32-21)14-4-6-15(23)7-5-14/h4-10H,11H2,1-3H3,(H,24,26). The number of nitrogens with one attached hydrogen (secondary N) is 1. The molecule has 3 aromatic rings. The average Bonchev–Trinajstić information content (AvgIpc) is 3.08. The first-order valence-corrected chi connectivity index (χ1v) is 10.2. The van der Waals surface area contributed by atoms with E-state index in [9.17, 15) is 24.1 Å². The number of non-ortho nitro benzene ring substituents is 1. The zero-order valence-corrected chi connectivity index (χ0v) is 18.2. The minimum absolute atomic E-state index is 0.0793. The fourth-order valence-corrected chi connectivity index (χ4v) is 4.19. The highest BCUT2D eigenvalue weighted by molar-refractivity contribution is 7.17. The summed E-state index contributed by atoms with van der Waals surface area (Å²) in [7, 11) is 1.23. The Hall–Kier alpha value is -3.79. The van der Waals surface area contributed by atoms with Crippen molar-refractivity contribution in [2.75, 3.05) is 19.0 Å². The number of carbonyl (C=O) groups excluding carboxylic acids is 2. The van der Waals surface area contributed by atoms with Crippen LogP contribution in [0.1, 0.15) is 20.8 Å². The molecule has 3 rings (SSSR count). The molecular weight excluding hydrogens is 439 g/mol. The van der Waals surface area contributed by atoms with Gasteiger partial charge in [-0.1, -0.05) is 12.1 Å². The lowest BCUT2D eigenvalue weighted by Gasteiger charge is -2.10. The molecular formula is C22H19FN2O6S. The first kappa shape index (κ1) is 22.9. The van der Waals surface area contributed by atoms with E-state index in [0.717, 1.165) is 4.88 Å². The molecule has 10 heteroatoms. The summed E-state index contributed by atoms with van der Waals surface area (Å²) in [5.74, 6) is -1.25. The van der Waals surface area contributed by atoms with Crippen LogP contribution >= 0.6 is 11.3 Å². The van der Waals surface area contributed by atoms with Crippen LogP contribution in [0.5, 0.6) is 5.75 Å². The van der Waals surface area contributed by atoms with Gasteiger partial charge in [-0.15, -0.1) is 11.3 Å². The number of nitro groups is 1. The van der Waals surface area contributed by atoms with Crippen molar-refractivity contribution in [3.8, 4) is 16.9 Å². The van der Waals surface area contributed by atoms with Gasteiger partial charge in [0.25, 0.3) is 11.6 Å². The Morgan fingerprint density at radius 2 is 1.84 bits per heavy atom. The lowest BCUT2D eigenvalue weighted by Crippen LogP contribution is -2.21. The van der Waals surface area contributed by atoms with E-state index in [0.29, 0.717) is 22.4 Å². The van der Waals surface area contributed by atoms with Gasteiger partial charge in [0.1, 0.15) is 22.1 Å². The summed E-state index contributed by atoms with van der Waals surface area (Å²) in [5.41, 5.74) is 1.75. The molecule has 32 heavy (non-hydrogen) atoms. The highest BCUT2D eigenvalue weighted by atomic mass is 32.1. The second-order valence-corrected chi connectivity index (χ2v) is 8.00. The predicted molar refractivity (Wildman–Crippen MR) is 118 cm³/mol. The van der Waals surface area contributed by atoms with Gasteiger partial charge in [0.15, 0.2) is 6.61 Å². The van der Waals surface area contributed by atoms with Crippen molar-refractivity contribution in [2.45, 2.75) is 13.8 Å². The van der Waals surface area contributed by atoms with Gasteiger partial charge in [0.2, 0.25) is 0 Å². The smallest absolute Gasteiger partial charge is 0.341 e. The van der Waals surface area contributed by atoms with E-state index in [2.05, 4.69) is 5.32 Å². The third-order valence-electron chi connectivity index (χ3n) is 4.59. The summed E-state index contributed by atoms with van der Waals surface area (Å²) < 4.78 is 23.7. The van der Waals surface area contributed by atoms with Crippen LogP contribution in [0.2, 0.25) is 0 Å². The summed E-state index contributed by atoms with van der Waals surface area (Å²) in [6.07, 6.45) is 0. The molecule has 0 atom stereocenters. The quantitative estimate of drug-likeness (QED) is 0.307. The third kappa shape index (κ3) is 4.92. The number of amides is 1. The van der Waals surface area contributed by atoms with Gasteiger partial charge < -0.3 is 14.8 Å². The number of thiophene rings is 1. The predicted octanol–water partition coefficient (Wildman–Crippen LogP) is 4.88. The molecule has 0 saturated carbocycles. The number of hydrogen-bond acceptors (Lipinski definition) is 7. The van der Waals surface area contributed by atoms with Crippen molar-refractivity contribution in [1.29, 1.82) is 0 Å². The highest BCUT2D eigenvalue weighted by Crippen LogP contribution is 2.40. The SMILES string of the molecule is COC(=O)c1c(NC(=O)COc2ccc([N+](=O)[O-])cc2C)sc(C)c1-c1ccc(F)cc1. The Labute approximate surface area is 186 Å². The van der Waals surface area contributed by atoms with Gasteiger partial charge in [0, 0.05) is 22.6 Å². The normalized spacial score (nSPS) is 10.5. The Balaban J connectivity index is 1.81. The van der Waals surface area contributed by atoms with Crippen LogP contribution in [0, 0.1) is 29.8 Å². The van der Waals surface area contributed by atoms with Gasteiger partial charge in [-0.3, -0.25) is 14.9 Å². The molecule has 0 bridgehead atoms. The molecule has 0 aliphatic carbocycles. The van der Waals surface area contributed by atoms with E-state index in [-0.39, 0.29) is 22.9 Å². The number of aryl methyl sites for hydroxylation is 2. The van der Waals surface area contributed by atoms with E-state index in [1.165, 1.54) is 48.8 Å². The van der Waals surface area contributed by atoms with Crippen LogP contribution in [-0.4, -0.2) is 30.5 Å². The molecule has 8 nitrogen and oxygen atoms in total. The van der Waals surface area contributed by atoms with Gasteiger partial charge in [-0.2, -0.15) is 0 Å². The Kier molecular flexibility index (Phi) is 6.84. The average molecular weight is 458 g/mol. The number of rotatable bonds is 7. The zero-order chi connectivity index (χ0) is 23.4. The van der Waals surface area contributed by atoms with E-state index >= 15 is 0 Å². The van der Waals surface area contributed by atoms with Gasteiger partial charge in [0.05, 0.1) is 12.0 Å². The highest BCUT2D eigenvalue weighted by Gasteiger charge is 2.25. The van der Waals surface area contributed by atoms with Gasteiger partial charge in [-0.05, 0) is 43.2 Å². The number of hydrogen-bond donors (Lipinski definition) is 1.